The molecule has 7 heteroatoms. The van der Waals surface area contributed by atoms with Gasteiger partial charge < -0.3 is 9.88 Å². The molecule has 0 saturated heterocycles. The fourth-order valence-electron chi connectivity index (χ4n) is 2.45. The van der Waals surface area contributed by atoms with Crippen molar-refractivity contribution in [3.63, 3.8) is 0 Å². The lowest BCUT2D eigenvalue weighted by Crippen LogP contribution is -2.15. The lowest BCUT2D eigenvalue weighted by Gasteiger charge is -2.09. The fraction of sp³-hybridized carbons (Fsp3) is 0.0667. The number of benzene rings is 1. The molecule has 2 N–H and O–H groups in total. The number of H-pyrrole nitrogens is 1. The van der Waals surface area contributed by atoms with Crippen molar-refractivity contribution >= 4 is 33.4 Å². The molecule has 0 unspecified atom stereocenters. The molecule has 0 radical (unpaired) electrons. The van der Waals surface area contributed by atoms with Gasteiger partial charge in [-0.2, -0.15) is 5.10 Å². The van der Waals surface area contributed by atoms with Crippen LogP contribution in [-0.4, -0.2) is 24.7 Å². The van der Waals surface area contributed by atoms with Crippen molar-refractivity contribution in [2.75, 3.05) is 5.32 Å². The quantitative estimate of drug-likeness (QED) is 0.589. The van der Waals surface area contributed by atoms with Crippen molar-refractivity contribution in [1.82, 2.24) is 24.7 Å². The molecule has 0 bridgehead atoms. The Balaban J connectivity index is 1.83. The molecule has 0 aliphatic carbocycles. The number of anilines is 2. The highest BCUT2D eigenvalue weighted by Crippen LogP contribution is 2.23. The molecule has 3 aromatic heterocycles. The molecular formula is C15H12N6O. The van der Waals surface area contributed by atoms with Gasteiger partial charge in [0, 0.05) is 18.8 Å². The van der Waals surface area contributed by atoms with Crippen molar-refractivity contribution in [2.45, 2.75) is 0 Å². The minimum atomic E-state index is -0.0380. The van der Waals surface area contributed by atoms with Gasteiger partial charge in [0.2, 0.25) is 0 Å². The van der Waals surface area contributed by atoms with Crippen LogP contribution in [0, 0.1) is 0 Å². The minimum Gasteiger partial charge on any atom is -0.339 e. The maximum atomic E-state index is 11.8. The van der Waals surface area contributed by atoms with Crippen LogP contribution in [0.5, 0.6) is 0 Å². The Hall–Kier alpha value is -3.22. The van der Waals surface area contributed by atoms with Crippen LogP contribution >= 0.6 is 0 Å². The van der Waals surface area contributed by atoms with Gasteiger partial charge in [-0.25, -0.2) is 9.97 Å². The first-order valence-electron chi connectivity index (χ1n) is 6.73. The third kappa shape index (κ3) is 1.91. The third-order valence-electron chi connectivity index (χ3n) is 3.64. The molecule has 7 nitrogen and oxygen atoms in total. The molecule has 0 amide bonds. The van der Waals surface area contributed by atoms with Gasteiger partial charge in [-0.3, -0.25) is 9.89 Å². The molecule has 0 saturated carbocycles. The number of aryl methyl sites for hydroxylation is 1. The van der Waals surface area contributed by atoms with Gasteiger partial charge in [0.15, 0.2) is 5.65 Å². The molecule has 4 rings (SSSR count). The summed E-state index contributed by atoms with van der Waals surface area (Å²) in [4.78, 5) is 20.1. The topological polar surface area (TPSA) is 88.5 Å². The second-order valence-electron chi connectivity index (χ2n) is 4.98. The SMILES string of the molecule is Cn1c(=O)ccc2ccc(Nc3ncnc4[nH]ncc34)cc21. The number of aromatic amines is 1. The van der Waals surface area contributed by atoms with Gasteiger partial charge in [0.05, 0.1) is 17.1 Å². The van der Waals surface area contributed by atoms with Crippen LogP contribution in [0.1, 0.15) is 0 Å². The number of aromatic nitrogens is 5. The number of nitrogens with one attached hydrogen (secondary N) is 2. The molecule has 22 heavy (non-hydrogen) atoms. The van der Waals surface area contributed by atoms with E-state index in [4.69, 9.17) is 0 Å². The van der Waals surface area contributed by atoms with Crippen LogP contribution in [0.3, 0.4) is 0 Å². The first kappa shape index (κ1) is 12.5. The van der Waals surface area contributed by atoms with E-state index in [1.807, 2.05) is 24.3 Å². The van der Waals surface area contributed by atoms with Crippen molar-refractivity contribution in [2.24, 2.45) is 7.05 Å². The molecule has 108 valence electrons. The average molecular weight is 292 g/mol. The number of rotatable bonds is 2. The second kappa shape index (κ2) is 4.66. The number of pyridine rings is 1. The predicted octanol–water partition coefficient (Wildman–Crippen LogP) is 1.95. The zero-order chi connectivity index (χ0) is 15.1. The summed E-state index contributed by atoms with van der Waals surface area (Å²) in [5.41, 5.74) is 2.33. The molecular weight excluding hydrogens is 280 g/mol. The highest BCUT2D eigenvalue weighted by Gasteiger charge is 2.07. The average Bonchev–Trinajstić information content (AvgIpc) is 3.01. The van der Waals surface area contributed by atoms with Crippen LogP contribution in [0.4, 0.5) is 11.5 Å². The van der Waals surface area contributed by atoms with Crippen LogP contribution < -0.4 is 10.9 Å². The Labute approximate surface area is 124 Å². The molecule has 3 heterocycles. The highest BCUT2D eigenvalue weighted by atomic mass is 16.1. The van der Waals surface area contributed by atoms with E-state index in [2.05, 4.69) is 25.5 Å². The molecule has 0 aliphatic heterocycles. The van der Waals surface area contributed by atoms with Gasteiger partial charge in [-0.15, -0.1) is 0 Å². The van der Waals surface area contributed by atoms with Gasteiger partial charge >= 0.3 is 0 Å². The molecule has 1 aromatic carbocycles. The maximum absolute atomic E-state index is 11.8. The molecule has 4 aromatic rings. The van der Waals surface area contributed by atoms with Crippen LogP contribution in [0.15, 0.2) is 47.7 Å². The summed E-state index contributed by atoms with van der Waals surface area (Å²) in [6.45, 7) is 0. The molecule has 0 fully saturated rings. The Morgan fingerprint density at radius 3 is 2.95 bits per heavy atom. The lowest BCUT2D eigenvalue weighted by atomic mass is 10.2. The zero-order valence-corrected chi connectivity index (χ0v) is 11.7. The summed E-state index contributed by atoms with van der Waals surface area (Å²) in [5, 5.41) is 11.8. The van der Waals surface area contributed by atoms with E-state index >= 15 is 0 Å². The monoisotopic (exact) mass is 292 g/mol. The van der Waals surface area contributed by atoms with E-state index in [0.29, 0.717) is 11.5 Å². The normalized spacial score (nSPS) is 11.1. The smallest absolute Gasteiger partial charge is 0.250 e. The van der Waals surface area contributed by atoms with E-state index in [1.165, 1.54) is 6.33 Å². The van der Waals surface area contributed by atoms with Gasteiger partial charge in [0.1, 0.15) is 12.1 Å². The Bertz CT molecular complexity index is 1050. The standard InChI is InChI=1S/C15H12N6O/c1-21-12-6-10(4-2-9(12)3-5-13(21)22)19-14-11-7-18-20-15(11)17-8-16-14/h2-8H,1H3,(H2,16,17,18,19,20). The Kier molecular flexibility index (Phi) is 2.65. The summed E-state index contributed by atoms with van der Waals surface area (Å²) >= 11 is 0. The highest BCUT2D eigenvalue weighted by molar-refractivity contribution is 5.89. The number of nitrogens with zero attached hydrogens (tertiary/aromatic N) is 4. The fourth-order valence-corrected chi connectivity index (χ4v) is 2.45. The van der Waals surface area contributed by atoms with Crippen molar-refractivity contribution in [3.05, 3.63) is 53.2 Å². The maximum Gasteiger partial charge on any atom is 0.250 e. The summed E-state index contributed by atoms with van der Waals surface area (Å²) in [6.07, 6.45) is 3.15. The summed E-state index contributed by atoms with van der Waals surface area (Å²) in [7, 11) is 1.76. The van der Waals surface area contributed by atoms with Crippen LogP contribution in [0.25, 0.3) is 21.9 Å². The molecule has 0 aliphatic rings. The number of hydrogen-bond donors (Lipinski definition) is 2. The van der Waals surface area contributed by atoms with E-state index < -0.39 is 0 Å². The van der Waals surface area contributed by atoms with Crippen molar-refractivity contribution < 1.29 is 0 Å². The molecule has 0 atom stereocenters. The molecule has 0 spiro atoms. The number of fused-ring (bicyclic) bond motifs is 2. The first-order chi connectivity index (χ1) is 10.7. The number of hydrogen-bond acceptors (Lipinski definition) is 5. The van der Waals surface area contributed by atoms with E-state index in [0.717, 1.165) is 22.0 Å². The second-order valence-corrected chi connectivity index (χ2v) is 4.98. The van der Waals surface area contributed by atoms with Crippen molar-refractivity contribution in [3.8, 4) is 0 Å². The van der Waals surface area contributed by atoms with Crippen LogP contribution in [0.2, 0.25) is 0 Å². The zero-order valence-electron chi connectivity index (χ0n) is 11.7. The summed E-state index contributed by atoms with van der Waals surface area (Å²) < 4.78 is 1.62. The predicted molar refractivity (Wildman–Crippen MR) is 84.2 cm³/mol. The van der Waals surface area contributed by atoms with E-state index in [1.54, 1.807) is 23.9 Å². The Morgan fingerprint density at radius 2 is 2.05 bits per heavy atom. The van der Waals surface area contributed by atoms with Crippen molar-refractivity contribution in [1.29, 1.82) is 0 Å². The Morgan fingerprint density at radius 1 is 1.18 bits per heavy atom. The first-order valence-corrected chi connectivity index (χ1v) is 6.73. The van der Waals surface area contributed by atoms with E-state index in [-0.39, 0.29) is 5.56 Å². The third-order valence-corrected chi connectivity index (χ3v) is 3.64. The van der Waals surface area contributed by atoms with E-state index in [9.17, 15) is 4.79 Å². The largest absolute Gasteiger partial charge is 0.339 e. The van der Waals surface area contributed by atoms with Gasteiger partial charge in [0.25, 0.3) is 5.56 Å². The van der Waals surface area contributed by atoms with Gasteiger partial charge in [-0.05, 0) is 23.6 Å². The summed E-state index contributed by atoms with van der Waals surface area (Å²) in [5.74, 6) is 0.666. The summed E-state index contributed by atoms with van der Waals surface area (Å²) in [6, 6.07) is 9.21. The minimum absolute atomic E-state index is 0.0380. The van der Waals surface area contributed by atoms with Crippen LogP contribution in [-0.2, 0) is 7.05 Å². The van der Waals surface area contributed by atoms with Gasteiger partial charge in [-0.1, -0.05) is 6.07 Å². The lowest BCUT2D eigenvalue weighted by molar-refractivity contribution is 0.906.